The summed E-state index contributed by atoms with van der Waals surface area (Å²) in [5.74, 6) is -0.255. The van der Waals surface area contributed by atoms with Crippen LogP contribution in [0.3, 0.4) is 0 Å². The summed E-state index contributed by atoms with van der Waals surface area (Å²) < 4.78 is 1.65. The molecule has 0 atom stereocenters. The number of aromatic nitrogens is 5. The van der Waals surface area contributed by atoms with E-state index in [1.165, 1.54) is 0 Å². The van der Waals surface area contributed by atoms with E-state index >= 15 is 0 Å². The summed E-state index contributed by atoms with van der Waals surface area (Å²) >= 11 is 0. The highest BCUT2D eigenvalue weighted by atomic mass is 16.2. The first-order valence-electron chi connectivity index (χ1n) is 6.93. The van der Waals surface area contributed by atoms with Crippen LogP contribution >= 0.6 is 0 Å². The van der Waals surface area contributed by atoms with E-state index in [-0.39, 0.29) is 11.6 Å². The van der Waals surface area contributed by atoms with Crippen LogP contribution in [-0.4, -0.2) is 30.9 Å². The van der Waals surface area contributed by atoms with Gasteiger partial charge in [-0.3, -0.25) is 4.79 Å². The Hall–Kier alpha value is -3.42. The predicted molar refractivity (Wildman–Crippen MR) is 85.4 cm³/mol. The van der Waals surface area contributed by atoms with Gasteiger partial charge in [-0.25, -0.2) is 9.48 Å². The number of carbonyl (C=O) groups excluding carboxylic acids is 1. The molecule has 3 N–H and O–H groups in total. The third-order valence-electron chi connectivity index (χ3n) is 3.65. The Kier molecular flexibility index (Phi) is 2.77. The summed E-state index contributed by atoms with van der Waals surface area (Å²) in [4.78, 5) is 28.9. The van der Waals surface area contributed by atoms with Crippen molar-refractivity contribution in [3.8, 4) is 0 Å². The Labute approximate surface area is 129 Å². The van der Waals surface area contributed by atoms with E-state index in [1.807, 2.05) is 0 Å². The molecule has 0 radical (unpaired) electrons. The first-order valence-corrected chi connectivity index (χ1v) is 6.93. The zero-order valence-corrected chi connectivity index (χ0v) is 12.1. The lowest BCUT2D eigenvalue weighted by Gasteiger charge is -2.05. The Balaban J connectivity index is 1.65. The molecular formula is C15H12N6O2. The quantitative estimate of drug-likeness (QED) is 0.520. The molecule has 2 heterocycles. The second-order valence-electron chi connectivity index (χ2n) is 5.21. The smallest absolute Gasteiger partial charge is 0.322 e. The molecule has 4 aromatic rings. The zero-order valence-electron chi connectivity index (χ0n) is 12.1. The molecule has 8 heteroatoms. The van der Waals surface area contributed by atoms with E-state index < -0.39 is 0 Å². The number of aryl methyl sites for hydroxylation is 1. The van der Waals surface area contributed by atoms with Crippen LogP contribution in [0.2, 0.25) is 0 Å². The van der Waals surface area contributed by atoms with Crippen molar-refractivity contribution in [3.05, 3.63) is 52.4 Å². The molecule has 0 fully saturated rings. The predicted octanol–water partition coefficient (Wildman–Crippen LogP) is 1.39. The van der Waals surface area contributed by atoms with Gasteiger partial charge in [-0.05, 0) is 36.4 Å². The summed E-state index contributed by atoms with van der Waals surface area (Å²) in [6.45, 7) is 0. The third kappa shape index (κ3) is 2.26. The molecule has 0 bridgehead atoms. The molecule has 0 aliphatic heterocycles. The van der Waals surface area contributed by atoms with E-state index in [2.05, 4.69) is 25.6 Å². The second-order valence-corrected chi connectivity index (χ2v) is 5.21. The van der Waals surface area contributed by atoms with Crippen molar-refractivity contribution in [2.24, 2.45) is 7.05 Å². The molecule has 0 saturated heterocycles. The van der Waals surface area contributed by atoms with Crippen LogP contribution in [0, 0.1) is 0 Å². The fourth-order valence-corrected chi connectivity index (χ4v) is 2.50. The fourth-order valence-electron chi connectivity index (χ4n) is 2.50. The van der Waals surface area contributed by atoms with Gasteiger partial charge in [0.15, 0.2) is 0 Å². The van der Waals surface area contributed by atoms with Crippen molar-refractivity contribution in [2.45, 2.75) is 0 Å². The molecule has 0 aliphatic rings. The third-order valence-corrected chi connectivity index (χ3v) is 3.65. The summed E-state index contributed by atoms with van der Waals surface area (Å²) in [5.41, 5.74) is 3.64. The molecule has 1 amide bonds. The number of anilines is 1. The highest BCUT2D eigenvalue weighted by Crippen LogP contribution is 2.17. The number of nitrogens with zero attached hydrogens (tertiary/aromatic N) is 3. The van der Waals surface area contributed by atoms with E-state index in [0.29, 0.717) is 27.8 Å². The number of hydrogen-bond acceptors (Lipinski definition) is 4. The maximum absolute atomic E-state index is 12.4. The number of nitrogens with one attached hydrogen (secondary N) is 3. The average molecular weight is 308 g/mol. The first kappa shape index (κ1) is 13.3. The van der Waals surface area contributed by atoms with Crippen molar-refractivity contribution < 1.29 is 4.79 Å². The summed E-state index contributed by atoms with van der Waals surface area (Å²) in [5, 5.41) is 10.7. The van der Waals surface area contributed by atoms with Gasteiger partial charge in [0.05, 0.1) is 16.6 Å². The largest absolute Gasteiger partial charge is 0.323 e. The average Bonchev–Trinajstić information content (AvgIpc) is 3.08. The van der Waals surface area contributed by atoms with Gasteiger partial charge in [-0.15, -0.1) is 5.10 Å². The van der Waals surface area contributed by atoms with Crippen LogP contribution < -0.4 is 11.0 Å². The van der Waals surface area contributed by atoms with Gasteiger partial charge in [0, 0.05) is 18.3 Å². The van der Waals surface area contributed by atoms with Crippen molar-refractivity contribution in [1.82, 2.24) is 25.0 Å². The molecular weight excluding hydrogens is 296 g/mol. The number of rotatable bonds is 2. The van der Waals surface area contributed by atoms with Crippen molar-refractivity contribution in [2.75, 3.05) is 5.32 Å². The number of benzene rings is 2. The standard InChI is InChI=1S/C15H12N6O2/c1-21-13-5-2-8(6-12(13)19-20-21)14(22)16-9-3-4-10-11(7-9)18-15(23)17-10/h2-7H,1H3,(H,16,22)(H2,17,18,23). The van der Waals surface area contributed by atoms with Crippen molar-refractivity contribution in [3.63, 3.8) is 0 Å². The molecule has 8 nitrogen and oxygen atoms in total. The highest BCUT2D eigenvalue weighted by Gasteiger charge is 2.10. The van der Waals surface area contributed by atoms with Crippen LogP contribution in [0.1, 0.15) is 10.4 Å². The van der Waals surface area contributed by atoms with E-state index in [0.717, 1.165) is 5.52 Å². The van der Waals surface area contributed by atoms with E-state index in [4.69, 9.17) is 0 Å². The number of amides is 1. The van der Waals surface area contributed by atoms with Crippen LogP contribution in [0.5, 0.6) is 0 Å². The maximum atomic E-state index is 12.4. The lowest BCUT2D eigenvalue weighted by atomic mass is 10.1. The SMILES string of the molecule is Cn1nnc2cc(C(=O)Nc3ccc4[nH]c(=O)[nH]c4c3)ccc21. The normalized spacial score (nSPS) is 11.2. The number of H-pyrrole nitrogens is 2. The van der Waals surface area contributed by atoms with Gasteiger partial charge in [-0.1, -0.05) is 5.21 Å². The molecule has 2 aromatic carbocycles. The molecule has 23 heavy (non-hydrogen) atoms. The van der Waals surface area contributed by atoms with Gasteiger partial charge in [0.2, 0.25) is 0 Å². The number of carbonyl (C=O) groups is 1. The Morgan fingerprint density at radius 1 is 1.13 bits per heavy atom. The van der Waals surface area contributed by atoms with E-state index in [1.54, 1.807) is 48.1 Å². The number of hydrogen-bond donors (Lipinski definition) is 3. The lowest BCUT2D eigenvalue weighted by molar-refractivity contribution is 0.102. The molecule has 0 saturated carbocycles. The van der Waals surface area contributed by atoms with Crippen LogP contribution in [-0.2, 0) is 7.05 Å². The van der Waals surface area contributed by atoms with Gasteiger partial charge >= 0.3 is 5.69 Å². The topological polar surface area (TPSA) is 108 Å². The Morgan fingerprint density at radius 3 is 2.83 bits per heavy atom. The Bertz CT molecular complexity index is 1100. The molecule has 114 valence electrons. The van der Waals surface area contributed by atoms with Crippen molar-refractivity contribution in [1.29, 1.82) is 0 Å². The Morgan fingerprint density at radius 2 is 1.96 bits per heavy atom. The first-order chi connectivity index (χ1) is 11.1. The zero-order chi connectivity index (χ0) is 16.0. The number of aromatic amines is 2. The van der Waals surface area contributed by atoms with Gasteiger partial charge in [0.25, 0.3) is 5.91 Å². The minimum absolute atomic E-state index is 0.255. The second kappa shape index (κ2) is 4.80. The lowest BCUT2D eigenvalue weighted by Crippen LogP contribution is -2.11. The van der Waals surface area contributed by atoms with Crippen LogP contribution in [0.15, 0.2) is 41.2 Å². The molecule has 0 aliphatic carbocycles. The minimum atomic E-state index is -0.281. The number of imidazole rings is 1. The van der Waals surface area contributed by atoms with Gasteiger partial charge in [0.1, 0.15) is 5.52 Å². The molecule has 4 rings (SSSR count). The summed E-state index contributed by atoms with van der Waals surface area (Å²) in [7, 11) is 1.79. The molecule has 0 unspecified atom stereocenters. The van der Waals surface area contributed by atoms with Crippen LogP contribution in [0.25, 0.3) is 22.1 Å². The molecule has 0 spiro atoms. The maximum Gasteiger partial charge on any atom is 0.323 e. The summed E-state index contributed by atoms with van der Waals surface area (Å²) in [6, 6.07) is 10.4. The van der Waals surface area contributed by atoms with Gasteiger partial charge < -0.3 is 15.3 Å². The van der Waals surface area contributed by atoms with E-state index in [9.17, 15) is 9.59 Å². The molecule has 2 aromatic heterocycles. The van der Waals surface area contributed by atoms with Crippen LogP contribution in [0.4, 0.5) is 5.69 Å². The highest BCUT2D eigenvalue weighted by molar-refractivity contribution is 6.06. The van der Waals surface area contributed by atoms with Crippen molar-refractivity contribution >= 4 is 33.7 Å². The summed E-state index contributed by atoms with van der Waals surface area (Å²) in [6.07, 6.45) is 0. The van der Waals surface area contributed by atoms with Gasteiger partial charge in [-0.2, -0.15) is 0 Å². The minimum Gasteiger partial charge on any atom is -0.322 e. The fraction of sp³-hybridized carbons (Fsp3) is 0.0667. The number of fused-ring (bicyclic) bond motifs is 2. The monoisotopic (exact) mass is 308 g/mol.